The molecule has 43 heavy (non-hydrogen) atoms. The van der Waals surface area contributed by atoms with Crippen molar-refractivity contribution in [2.75, 3.05) is 67.0 Å². The summed E-state index contributed by atoms with van der Waals surface area (Å²) in [6.07, 6.45) is 3.92. The van der Waals surface area contributed by atoms with E-state index in [1.54, 1.807) is 21.3 Å². The summed E-state index contributed by atoms with van der Waals surface area (Å²) >= 11 is 0. The van der Waals surface area contributed by atoms with Crippen LogP contribution in [0.4, 0.5) is 11.4 Å². The summed E-state index contributed by atoms with van der Waals surface area (Å²) < 4.78 is 31.1. The van der Waals surface area contributed by atoms with E-state index >= 15 is 0 Å². The number of likely N-dealkylation sites (N-methyl/N-ethyl adjacent to an activating group) is 1. The van der Waals surface area contributed by atoms with Crippen LogP contribution in [0.3, 0.4) is 0 Å². The van der Waals surface area contributed by atoms with Crippen molar-refractivity contribution in [2.24, 2.45) is 5.92 Å². The van der Waals surface area contributed by atoms with Gasteiger partial charge in [-0.25, -0.2) is 0 Å². The number of fused-ring (bicyclic) bond motifs is 3. The normalized spacial score (nSPS) is 21.9. The first kappa shape index (κ1) is 32.1. The van der Waals surface area contributed by atoms with Gasteiger partial charge in [-0.3, -0.25) is 4.90 Å². The minimum absolute atomic E-state index is 0.0901. The number of nitrogen functional groups attached to an aromatic ring is 2. The molecule has 2 heterocycles. The van der Waals surface area contributed by atoms with Crippen LogP contribution in [0, 0.1) is 5.92 Å². The fraction of sp³-hybridized carbons (Fsp3) is 0.471. The Morgan fingerprint density at radius 3 is 2.49 bits per heavy atom. The average Bonchev–Trinajstić information content (AvgIpc) is 2.98. The van der Waals surface area contributed by atoms with E-state index in [1.807, 2.05) is 46.2 Å². The van der Waals surface area contributed by atoms with Crippen molar-refractivity contribution >= 4 is 11.4 Å². The van der Waals surface area contributed by atoms with Crippen molar-refractivity contribution in [3.05, 3.63) is 76.5 Å². The molecule has 2 aliphatic rings. The molecular weight excluding hydrogens is 544 g/mol. The van der Waals surface area contributed by atoms with Gasteiger partial charge in [0.05, 0.1) is 38.6 Å². The van der Waals surface area contributed by atoms with Crippen LogP contribution in [0.15, 0.2) is 59.8 Å². The molecule has 3 atom stereocenters. The van der Waals surface area contributed by atoms with Gasteiger partial charge in [-0.1, -0.05) is 19.1 Å². The first-order valence-corrected chi connectivity index (χ1v) is 14.8. The Labute approximate surface area is 256 Å². The maximum absolute atomic E-state index is 6.83. The number of rotatable bonds is 8. The topological polar surface area (TPSA) is 105 Å². The van der Waals surface area contributed by atoms with E-state index in [1.165, 1.54) is 11.1 Å². The molecule has 4 bridgehead atoms. The number of allylic oxidation sites excluding steroid dienone is 1. The van der Waals surface area contributed by atoms with Gasteiger partial charge in [-0.15, -0.1) is 0 Å². The number of nitrogens with two attached hydrogens (primary N) is 2. The summed E-state index contributed by atoms with van der Waals surface area (Å²) in [5.41, 5.74) is 18.1. The Morgan fingerprint density at radius 1 is 1.09 bits per heavy atom. The van der Waals surface area contributed by atoms with Crippen molar-refractivity contribution in [1.29, 1.82) is 0 Å². The van der Waals surface area contributed by atoms with E-state index < -0.39 is 0 Å². The van der Waals surface area contributed by atoms with Gasteiger partial charge >= 0.3 is 0 Å². The highest BCUT2D eigenvalue weighted by molar-refractivity contribution is 5.72. The molecule has 9 heteroatoms. The molecule has 0 aromatic heterocycles. The predicted octanol–water partition coefficient (Wildman–Crippen LogP) is 5.32. The zero-order valence-electron chi connectivity index (χ0n) is 27.0. The Bertz CT molecular complexity index is 1400. The number of benzene rings is 2. The Balaban J connectivity index is 1.95. The van der Waals surface area contributed by atoms with Gasteiger partial charge < -0.3 is 40.1 Å². The van der Waals surface area contributed by atoms with Gasteiger partial charge in [0.1, 0.15) is 11.9 Å². The van der Waals surface area contributed by atoms with Crippen LogP contribution in [0.2, 0.25) is 0 Å². The lowest BCUT2D eigenvalue weighted by molar-refractivity contribution is 0.135. The van der Waals surface area contributed by atoms with Crippen molar-refractivity contribution in [3.63, 3.8) is 0 Å². The third-order valence-corrected chi connectivity index (χ3v) is 8.45. The lowest BCUT2D eigenvalue weighted by Gasteiger charge is -2.35. The molecule has 0 radical (unpaired) electrons. The fourth-order valence-electron chi connectivity index (χ4n) is 5.63. The largest absolute Gasteiger partial charge is 0.493 e. The zero-order chi connectivity index (χ0) is 31.4. The quantitative estimate of drug-likeness (QED) is 0.239. The Morgan fingerprint density at radius 2 is 1.84 bits per heavy atom. The van der Waals surface area contributed by atoms with Crippen LogP contribution < -0.4 is 25.7 Å². The molecule has 0 amide bonds. The van der Waals surface area contributed by atoms with Crippen LogP contribution in [0.1, 0.15) is 43.0 Å². The van der Waals surface area contributed by atoms with Gasteiger partial charge in [0.15, 0.2) is 28.8 Å². The van der Waals surface area contributed by atoms with Crippen LogP contribution in [0.25, 0.3) is 0 Å². The molecule has 0 saturated heterocycles. The number of ether oxygens (including phenoxy) is 5. The van der Waals surface area contributed by atoms with Gasteiger partial charge in [0, 0.05) is 19.1 Å². The van der Waals surface area contributed by atoms with E-state index in [2.05, 4.69) is 35.6 Å². The van der Waals surface area contributed by atoms with Crippen LogP contribution >= 0.6 is 0 Å². The van der Waals surface area contributed by atoms with Crippen molar-refractivity contribution in [2.45, 2.75) is 45.3 Å². The summed E-state index contributed by atoms with van der Waals surface area (Å²) in [4.78, 5) is 4.47. The van der Waals surface area contributed by atoms with Gasteiger partial charge in [0.25, 0.3) is 0 Å². The van der Waals surface area contributed by atoms with E-state index in [4.69, 9.17) is 35.2 Å². The van der Waals surface area contributed by atoms with E-state index in [0.717, 1.165) is 43.5 Å². The monoisotopic (exact) mass is 592 g/mol. The average molecular weight is 593 g/mol. The third-order valence-electron chi connectivity index (χ3n) is 8.45. The molecule has 234 valence electrons. The fourth-order valence-corrected chi connectivity index (χ4v) is 5.63. The van der Waals surface area contributed by atoms with Gasteiger partial charge in [-0.05, 0) is 94.4 Å². The van der Waals surface area contributed by atoms with E-state index in [0.29, 0.717) is 45.9 Å². The van der Waals surface area contributed by atoms with Crippen molar-refractivity contribution < 1.29 is 23.7 Å². The lowest BCUT2D eigenvalue weighted by atomic mass is 9.88. The molecular formula is C34H48N4O5. The highest BCUT2D eigenvalue weighted by atomic mass is 16.6. The van der Waals surface area contributed by atoms with E-state index in [9.17, 15) is 0 Å². The SMILES string of the molecule is C=C(/C=C(OC)\C(OC)=C1\Oc2cc3c(cc2OC)CCN(C)C3Cc2cc(N)c(N)c(c2)O[C@H](C)C1C)CCN(C)C. The summed E-state index contributed by atoms with van der Waals surface area (Å²) in [5, 5.41) is 0. The lowest BCUT2D eigenvalue weighted by Crippen LogP contribution is -2.33. The molecule has 0 spiro atoms. The standard InChI is InChI=1S/C34H48N4O5/c1-20(10-12-37(4)5)14-31(40-8)34(41-9)33-21(2)22(3)42-30-17-23(15-26(35)32(30)36)16-27-25-19-29(43-33)28(39-7)18-24(25)11-13-38(27)6/h14-15,17-19,21-22,27H,1,10-13,16,35-36H2,2-9H3/b31-14+,34-33-/t21?,22-,27?/m1/s1. The molecule has 2 aromatic rings. The van der Waals surface area contributed by atoms with Crippen molar-refractivity contribution in [1.82, 2.24) is 9.80 Å². The summed E-state index contributed by atoms with van der Waals surface area (Å²) in [6.45, 7) is 10.0. The molecule has 4 N–H and O–H groups in total. The Kier molecular flexibility index (Phi) is 10.2. The molecule has 2 aromatic carbocycles. The Hall–Kier alpha value is -3.82. The van der Waals surface area contributed by atoms with E-state index in [-0.39, 0.29) is 18.1 Å². The summed E-state index contributed by atoms with van der Waals surface area (Å²) in [6, 6.07) is 8.25. The minimum atomic E-state index is -0.383. The second-order valence-electron chi connectivity index (χ2n) is 11.8. The van der Waals surface area contributed by atoms with Crippen LogP contribution in [-0.2, 0) is 22.3 Å². The van der Waals surface area contributed by atoms with Gasteiger partial charge in [-0.2, -0.15) is 0 Å². The molecule has 0 saturated carbocycles. The third kappa shape index (κ3) is 7.05. The second-order valence-corrected chi connectivity index (χ2v) is 11.8. The van der Waals surface area contributed by atoms with Crippen molar-refractivity contribution in [3.8, 4) is 17.2 Å². The highest BCUT2D eigenvalue weighted by Gasteiger charge is 2.32. The maximum Gasteiger partial charge on any atom is 0.199 e. The molecule has 0 fully saturated rings. The second kappa shape index (κ2) is 13.7. The zero-order valence-corrected chi connectivity index (χ0v) is 27.0. The molecule has 0 aliphatic carbocycles. The molecule has 9 nitrogen and oxygen atoms in total. The van der Waals surface area contributed by atoms with Crippen LogP contribution in [0.5, 0.6) is 17.2 Å². The first-order chi connectivity index (χ1) is 20.5. The van der Waals surface area contributed by atoms with Crippen LogP contribution in [-0.4, -0.2) is 71.5 Å². The number of hydrogen-bond donors (Lipinski definition) is 2. The number of methoxy groups -OCH3 is 3. The summed E-state index contributed by atoms with van der Waals surface area (Å²) in [7, 11) is 11.1. The smallest absolute Gasteiger partial charge is 0.199 e. The molecule has 4 rings (SSSR count). The maximum atomic E-state index is 6.83. The predicted molar refractivity (Wildman–Crippen MR) is 172 cm³/mol. The summed E-state index contributed by atoms with van der Waals surface area (Å²) in [5.74, 6) is 2.97. The number of anilines is 2. The minimum Gasteiger partial charge on any atom is -0.493 e. The molecule has 2 aliphatic heterocycles. The molecule has 2 unspecified atom stereocenters. The highest BCUT2D eigenvalue weighted by Crippen LogP contribution is 2.43. The number of hydrogen-bond acceptors (Lipinski definition) is 9. The number of nitrogens with zero attached hydrogens (tertiary/aromatic N) is 2. The first-order valence-electron chi connectivity index (χ1n) is 14.8. The van der Waals surface area contributed by atoms with Gasteiger partial charge in [0.2, 0.25) is 0 Å².